The lowest BCUT2D eigenvalue weighted by Crippen LogP contribution is -2.20. The van der Waals surface area contributed by atoms with Crippen molar-refractivity contribution in [3.63, 3.8) is 0 Å². The van der Waals surface area contributed by atoms with Crippen LogP contribution in [0.3, 0.4) is 0 Å². The third-order valence-electron chi connectivity index (χ3n) is 2.64. The first-order valence-electron chi connectivity index (χ1n) is 5.26. The zero-order chi connectivity index (χ0) is 10.8. The zero-order valence-corrected chi connectivity index (χ0v) is 9.23. The largest absolute Gasteiger partial charge is 0.493 e. The van der Waals surface area contributed by atoms with Crippen molar-refractivity contribution < 1.29 is 9.84 Å². The molecule has 1 aromatic carbocycles. The van der Waals surface area contributed by atoms with E-state index in [0.717, 1.165) is 24.3 Å². The molecular weight excluding hydrogens is 190 g/mol. The predicted octanol–water partition coefficient (Wildman–Crippen LogP) is 1.22. The van der Waals surface area contributed by atoms with E-state index in [1.807, 2.05) is 31.1 Å². The number of rotatable bonds is 3. The molecule has 1 aromatic rings. The number of hydrogen-bond acceptors (Lipinski definition) is 3. The van der Waals surface area contributed by atoms with Gasteiger partial charge in [-0.25, -0.2) is 0 Å². The van der Waals surface area contributed by atoms with Gasteiger partial charge in [0.25, 0.3) is 0 Å². The normalized spacial score (nSPS) is 16.3. The molecule has 0 aliphatic carbocycles. The van der Waals surface area contributed by atoms with E-state index in [9.17, 15) is 5.11 Å². The first-order valence-corrected chi connectivity index (χ1v) is 5.26. The molecule has 1 N–H and O–H groups in total. The molecule has 0 amide bonds. The van der Waals surface area contributed by atoms with E-state index in [1.54, 1.807) is 0 Å². The van der Waals surface area contributed by atoms with Crippen LogP contribution >= 0.6 is 0 Å². The Hall–Kier alpha value is -1.06. The molecule has 82 valence electrons. The number of fused-ring (bicyclic) bond motifs is 1. The second kappa shape index (κ2) is 4.21. The molecule has 0 saturated heterocycles. The fraction of sp³-hybridized carbons (Fsp3) is 0.500. The number of hydrogen-bond donors (Lipinski definition) is 1. The van der Waals surface area contributed by atoms with Crippen molar-refractivity contribution >= 4 is 0 Å². The Labute approximate surface area is 90.3 Å². The lowest BCUT2D eigenvalue weighted by molar-refractivity contribution is 0.135. The van der Waals surface area contributed by atoms with E-state index in [4.69, 9.17) is 4.74 Å². The summed E-state index contributed by atoms with van der Waals surface area (Å²) >= 11 is 0. The molecule has 0 spiro atoms. The lowest BCUT2D eigenvalue weighted by Gasteiger charge is -2.18. The number of aliphatic hydroxyl groups is 1. The number of benzene rings is 1. The molecule has 3 heteroatoms. The Morgan fingerprint density at radius 2 is 2.27 bits per heavy atom. The van der Waals surface area contributed by atoms with Crippen LogP contribution in [-0.4, -0.2) is 37.3 Å². The molecule has 2 rings (SSSR count). The van der Waals surface area contributed by atoms with E-state index in [2.05, 4.69) is 6.07 Å². The fourth-order valence-electron chi connectivity index (χ4n) is 1.95. The van der Waals surface area contributed by atoms with Gasteiger partial charge in [0.15, 0.2) is 0 Å². The molecule has 1 heterocycles. The fourth-order valence-corrected chi connectivity index (χ4v) is 1.95. The Morgan fingerprint density at radius 1 is 1.47 bits per heavy atom. The lowest BCUT2D eigenvalue weighted by atomic mass is 10.0. The number of nitrogens with zero attached hydrogens (tertiary/aromatic N) is 1. The van der Waals surface area contributed by atoms with Crippen molar-refractivity contribution in [2.24, 2.45) is 0 Å². The predicted molar refractivity (Wildman–Crippen MR) is 59.2 cm³/mol. The van der Waals surface area contributed by atoms with Crippen LogP contribution in [0.2, 0.25) is 0 Å². The van der Waals surface area contributed by atoms with Crippen molar-refractivity contribution in [3.8, 4) is 5.75 Å². The highest BCUT2D eigenvalue weighted by Crippen LogP contribution is 2.33. The molecule has 15 heavy (non-hydrogen) atoms. The summed E-state index contributed by atoms with van der Waals surface area (Å²) in [7, 11) is 3.90. The first kappa shape index (κ1) is 10.5. The monoisotopic (exact) mass is 207 g/mol. The average molecular weight is 207 g/mol. The Kier molecular flexibility index (Phi) is 2.93. The van der Waals surface area contributed by atoms with Gasteiger partial charge in [0.05, 0.1) is 12.7 Å². The van der Waals surface area contributed by atoms with Crippen molar-refractivity contribution in [2.45, 2.75) is 12.5 Å². The third kappa shape index (κ3) is 2.13. The van der Waals surface area contributed by atoms with Crippen LogP contribution in [0, 0.1) is 0 Å². The van der Waals surface area contributed by atoms with E-state index in [0.29, 0.717) is 6.54 Å². The zero-order valence-electron chi connectivity index (χ0n) is 9.23. The van der Waals surface area contributed by atoms with Gasteiger partial charge in [-0.2, -0.15) is 0 Å². The molecule has 3 nitrogen and oxygen atoms in total. The number of para-hydroxylation sites is 1. The van der Waals surface area contributed by atoms with E-state index >= 15 is 0 Å². The Morgan fingerprint density at radius 3 is 3.00 bits per heavy atom. The van der Waals surface area contributed by atoms with Gasteiger partial charge in [-0.05, 0) is 19.7 Å². The quantitative estimate of drug-likeness (QED) is 0.809. The molecule has 1 atom stereocenters. The maximum atomic E-state index is 10.0. The van der Waals surface area contributed by atoms with Gasteiger partial charge in [-0.1, -0.05) is 18.2 Å². The summed E-state index contributed by atoms with van der Waals surface area (Å²) in [6.07, 6.45) is 0.491. The smallest absolute Gasteiger partial charge is 0.128 e. The van der Waals surface area contributed by atoms with Gasteiger partial charge in [-0.3, -0.25) is 0 Å². The third-order valence-corrected chi connectivity index (χ3v) is 2.64. The van der Waals surface area contributed by atoms with Crippen LogP contribution in [0.1, 0.15) is 17.2 Å². The molecule has 0 saturated carbocycles. The molecule has 0 aromatic heterocycles. The van der Waals surface area contributed by atoms with Gasteiger partial charge < -0.3 is 14.7 Å². The van der Waals surface area contributed by atoms with Crippen molar-refractivity contribution in [1.82, 2.24) is 4.90 Å². The summed E-state index contributed by atoms with van der Waals surface area (Å²) in [4.78, 5) is 1.97. The summed E-state index contributed by atoms with van der Waals surface area (Å²) in [6, 6.07) is 5.99. The highest BCUT2D eigenvalue weighted by molar-refractivity contribution is 5.45. The summed E-state index contributed by atoms with van der Waals surface area (Å²) in [5.41, 5.74) is 2.13. The minimum atomic E-state index is -0.465. The van der Waals surface area contributed by atoms with E-state index in [1.165, 1.54) is 5.56 Å². The molecule has 1 aliphatic rings. The molecular formula is C12H17NO2. The maximum Gasteiger partial charge on any atom is 0.128 e. The molecule has 0 bridgehead atoms. The number of aliphatic hydroxyl groups excluding tert-OH is 1. The SMILES string of the molecule is CN(C)CC(O)c1cccc2c1OCC2. The summed E-state index contributed by atoms with van der Waals surface area (Å²) in [6.45, 7) is 1.36. The Balaban J connectivity index is 2.24. The van der Waals surface area contributed by atoms with Crippen molar-refractivity contribution in [3.05, 3.63) is 29.3 Å². The van der Waals surface area contributed by atoms with Gasteiger partial charge in [0.1, 0.15) is 5.75 Å². The minimum absolute atomic E-state index is 0.465. The number of ether oxygens (including phenoxy) is 1. The number of likely N-dealkylation sites (N-methyl/N-ethyl adjacent to an activating group) is 1. The van der Waals surface area contributed by atoms with Gasteiger partial charge in [-0.15, -0.1) is 0 Å². The summed E-state index contributed by atoms with van der Waals surface area (Å²) < 4.78 is 5.55. The highest BCUT2D eigenvalue weighted by atomic mass is 16.5. The van der Waals surface area contributed by atoms with Crippen LogP contribution in [0.5, 0.6) is 5.75 Å². The highest BCUT2D eigenvalue weighted by Gasteiger charge is 2.20. The molecule has 0 radical (unpaired) electrons. The summed E-state index contributed by atoms with van der Waals surface area (Å²) in [5, 5.41) is 10.0. The van der Waals surface area contributed by atoms with Crippen LogP contribution in [0.15, 0.2) is 18.2 Å². The standard InChI is InChI=1S/C12H17NO2/c1-13(2)8-11(14)10-5-3-4-9-6-7-15-12(9)10/h3-5,11,14H,6-8H2,1-2H3. The topological polar surface area (TPSA) is 32.7 Å². The van der Waals surface area contributed by atoms with Crippen LogP contribution in [0.25, 0.3) is 0 Å². The van der Waals surface area contributed by atoms with Gasteiger partial charge in [0.2, 0.25) is 0 Å². The van der Waals surface area contributed by atoms with Gasteiger partial charge in [0, 0.05) is 18.5 Å². The Bertz CT molecular complexity index is 349. The van der Waals surface area contributed by atoms with Crippen LogP contribution in [0.4, 0.5) is 0 Å². The second-order valence-electron chi connectivity index (χ2n) is 4.21. The summed E-state index contributed by atoms with van der Waals surface area (Å²) in [5.74, 6) is 0.895. The van der Waals surface area contributed by atoms with E-state index < -0.39 is 6.10 Å². The molecule has 1 aliphatic heterocycles. The average Bonchev–Trinajstić information content (AvgIpc) is 2.63. The van der Waals surface area contributed by atoms with Crippen molar-refractivity contribution in [2.75, 3.05) is 27.2 Å². The first-order chi connectivity index (χ1) is 7.18. The van der Waals surface area contributed by atoms with Crippen LogP contribution < -0.4 is 4.74 Å². The minimum Gasteiger partial charge on any atom is -0.493 e. The second-order valence-corrected chi connectivity index (χ2v) is 4.21. The van der Waals surface area contributed by atoms with Gasteiger partial charge >= 0.3 is 0 Å². The van der Waals surface area contributed by atoms with Crippen LogP contribution in [-0.2, 0) is 6.42 Å². The maximum absolute atomic E-state index is 10.0. The van der Waals surface area contributed by atoms with Crippen molar-refractivity contribution in [1.29, 1.82) is 0 Å². The van der Waals surface area contributed by atoms with E-state index in [-0.39, 0.29) is 0 Å². The molecule has 0 fully saturated rings. The molecule has 1 unspecified atom stereocenters.